The molecule has 0 radical (unpaired) electrons. The summed E-state index contributed by atoms with van der Waals surface area (Å²) in [5.74, 6) is -3.95. The van der Waals surface area contributed by atoms with Crippen LogP contribution in [-0.2, 0) is 19.1 Å². The van der Waals surface area contributed by atoms with Crippen LogP contribution < -0.4 is 15.4 Å². The molecule has 0 aliphatic heterocycles. The highest BCUT2D eigenvalue weighted by Gasteiger charge is 2.24. The predicted octanol–water partition coefficient (Wildman–Crippen LogP) is 2.83. The van der Waals surface area contributed by atoms with Crippen LogP contribution in [0, 0.1) is 26.0 Å². The van der Waals surface area contributed by atoms with E-state index in [4.69, 9.17) is 4.74 Å². The Morgan fingerprint density at radius 1 is 0.757 bits per heavy atom. The number of esters is 2. The van der Waals surface area contributed by atoms with Gasteiger partial charge in [0.05, 0.1) is 53.7 Å². The highest BCUT2D eigenvalue weighted by Crippen LogP contribution is 2.33. The summed E-state index contributed by atoms with van der Waals surface area (Å²) in [5.41, 5.74) is -1.71. The Kier molecular flexibility index (Phi) is 10.6. The Hall–Kier alpha value is -5.15. The fourth-order valence-corrected chi connectivity index (χ4v) is 2.72. The van der Waals surface area contributed by atoms with Crippen LogP contribution in [0.15, 0.2) is 24.3 Å². The summed E-state index contributed by atoms with van der Waals surface area (Å²) >= 11 is 0. The zero-order chi connectivity index (χ0) is 28.4. The first-order chi connectivity index (χ1) is 17.3. The summed E-state index contributed by atoms with van der Waals surface area (Å²) in [6.45, 7) is 2.37. The van der Waals surface area contributed by atoms with Gasteiger partial charge in [0.1, 0.15) is 0 Å². The van der Waals surface area contributed by atoms with E-state index in [1.54, 1.807) is 0 Å². The van der Waals surface area contributed by atoms with Crippen molar-refractivity contribution < 1.29 is 47.6 Å². The van der Waals surface area contributed by atoms with Gasteiger partial charge in [0.15, 0.2) is 5.75 Å². The molecule has 0 saturated carbocycles. The van der Waals surface area contributed by atoms with Crippen LogP contribution in [-0.4, -0.2) is 54.9 Å². The van der Waals surface area contributed by atoms with Crippen LogP contribution in [0.3, 0.4) is 0 Å². The number of nitro groups is 2. The van der Waals surface area contributed by atoms with Gasteiger partial charge in [0, 0.05) is 32.0 Å². The summed E-state index contributed by atoms with van der Waals surface area (Å²) in [6, 6.07) is 3.61. The van der Waals surface area contributed by atoms with Gasteiger partial charge in [0.2, 0.25) is 17.6 Å². The molecule has 198 valence electrons. The molecule has 0 unspecified atom stereocenters. The second-order valence-electron chi connectivity index (χ2n) is 6.78. The van der Waals surface area contributed by atoms with Crippen LogP contribution in [0.2, 0.25) is 0 Å². The smallest absolute Gasteiger partial charge is 0.340 e. The number of rotatable bonds is 7. The monoisotopic (exact) mass is 524 g/mol. The highest BCUT2D eigenvalue weighted by molar-refractivity contribution is 6.02. The lowest BCUT2D eigenvalue weighted by Crippen LogP contribution is -2.13. The van der Waals surface area contributed by atoms with E-state index >= 15 is 0 Å². The van der Waals surface area contributed by atoms with Crippen LogP contribution >= 0.6 is 0 Å². The minimum absolute atomic E-state index is 0.00755. The van der Waals surface area contributed by atoms with E-state index in [-0.39, 0.29) is 33.9 Å². The normalized spacial score (nSPS) is 9.68. The molecule has 16 heteroatoms. The average molecular weight is 524 g/mol. The van der Waals surface area contributed by atoms with Gasteiger partial charge in [-0.05, 0) is 6.07 Å². The largest absolute Gasteiger partial charge is 0.490 e. The number of anilines is 2. The molecule has 0 bridgehead atoms. The van der Waals surface area contributed by atoms with Gasteiger partial charge in [0.25, 0.3) is 0 Å². The van der Waals surface area contributed by atoms with Gasteiger partial charge in [-0.1, -0.05) is 0 Å². The Morgan fingerprint density at radius 3 is 1.51 bits per heavy atom. The van der Waals surface area contributed by atoms with Crippen LogP contribution in [0.25, 0.3) is 0 Å². The van der Waals surface area contributed by atoms with Gasteiger partial charge >= 0.3 is 23.3 Å². The molecule has 2 rings (SSSR count). The molecule has 0 saturated heterocycles. The molecule has 0 aliphatic carbocycles. The van der Waals surface area contributed by atoms with E-state index in [1.807, 2.05) is 0 Å². The van der Waals surface area contributed by atoms with Gasteiger partial charge in [-0.2, -0.15) is 4.39 Å². The number of nitrogens with one attached hydrogen (secondary N) is 2. The molecule has 0 aromatic heterocycles. The fraction of sp³-hybridized carbons (Fsp3) is 0.238. The number of amides is 2. The summed E-state index contributed by atoms with van der Waals surface area (Å²) in [7, 11) is 3.47. The Morgan fingerprint density at radius 2 is 1.16 bits per heavy atom. The lowest BCUT2D eigenvalue weighted by Gasteiger charge is -2.10. The number of benzene rings is 2. The Bertz CT molecular complexity index is 1260. The number of methoxy groups -OCH3 is 3. The third-order valence-corrected chi connectivity index (χ3v) is 4.23. The number of carbonyl (C=O) groups excluding carboxylic acids is 4. The summed E-state index contributed by atoms with van der Waals surface area (Å²) in [4.78, 5) is 64.6. The molecule has 2 aromatic carbocycles. The molecular formula is C21H21FN4O11. The molecule has 15 nitrogen and oxygen atoms in total. The Labute approximate surface area is 207 Å². The fourth-order valence-electron chi connectivity index (χ4n) is 2.72. The molecule has 0 aliphatic rings. The van der Waals surface area contributed by atoms with Crippen molar-refractivity contribution >= 4 is 46.5 Å². The van der Waals surface area contributed by atoms with Crippen molar-refractivity contribution in [1.82, 2.24) is 0 Å². The van der Waals surface area contributed by atoms with Crippen molar-refractivity contribution in [2.45, 2.75) is 13.8 Å². The van der Waals surface area contributed by atoms with Crippen molar-refractivity contribution in [3.63, 3.8) is 0 Å². The molecule has 2 N–H and O–H groups in total. The van der Waals surface area contributed by atoms with Crippen LogP contribution in [0.4, 0.5) is 27.1 Å². The van der Waals surface area contributed by atoms with E-state index in [0.29, 0.717) is 6.07 Å². The van der Waals surface area contributed by atoms with E-state index in [0.717, 1.165) is 39.3 Å². The SMILES string of the molecule is COC(=O)c1cc(F)c([N+](=O)[O-])cc1NC(C)=O.COC(=O)c1cc(OC)c([N+](=O)[O-])cc1NC(C)=O. The maximum Gasteiger partial charge on any atom is 0.340 e. The van der Waals surface area contributed by atoms with E-state index < -0.39 is 45.1 Å². The van der Waals surface area contributed by atoms with Crippen molar-refractivity contribution in [2.24, 2.45) is 0 Å². The van der Waals surface area contributed by atoms with E-state index in [9.17, 15) is 43.8 Å². The van der Waals surface area contributed by atoms with Crippen molar-refractivity contribution in [3.05, 3.63) is 61.4 Å². The zero-order valence-corrected chi connectivity index (χ0v) is 20.1. The lowest BCUT2D eigenvalue weighted by atomic mass is 10.1. The van der Waals surface area contributed by atoms with Crippen LogP contribution in [0.1, 0.15) is 34.6 Å². The van der Waals surface area contributed by atoms with Gasteiger partial charge in [-0.15, -0.1) is 0 Å². The minimum Gasteiger partial charge on any atom is -0.490 e. The quantitative estimate of drug-likeness (QED) is 0.306. The topological polar surface area (TPSA) is 206 Å². The standard InChI is InChI=1S/C11H12N2O6.C10H9FN2O5/c1-6(14)12-8-5-9(13(16)17)10(18-2)4-7(8)11(15)19-3;1-5(14)12-8-4-9(13(16)17)7(11)3-6(8)10(15)18-2/h4-5H,1-3H3,(H,12,14);3-4H,1-2H3,(H,12,14). The molecule has 2 amide bonds. The third kappa shape index (κ3) is 7.94. The number of nitrogens with zero attached hydrogens (tertiary/aromatic N) is 2. The van der Waals surface area contributed by atoms with Gasteiger partial charge in [-0.3, -0.25) is 29.8 Å². The predicted molar refractivity (Wildman–Crippen MR) is 124 cm³/mol. The first kappa shape index (κ1) is 29.9. The first-order valence-corrected chi connectivity index (χ1v) is 9.83. The lowest BCUT2D eigenvalue weighted by molar-refractivity contribution is -0.387. The van der Waals surface area contributed by atoms with E-state index in [2.05, 4.69) is 20.1 Å². The summed E-state index contributed by atoms with van der Waals surface area (Å²) in [5, 5.41) is 25.9. The minimum atomic E-state index is -1.19. The number of ether oxygens (including phenoxy) is 3. The molecule has 37 heavy (non-hydrogen) atoms. The number of carbonyl (C=O) groups is 4. The van der Waals surface area contributed by atoms with Gasteiger partial charge < -0.3 is 24.8 Å². The maximum absolute atomic E-state index is 13.4. The molecular weight excluding hydrogens is 503 g/mol. The second kappa shape index (κ2) is 13.1. The van der Waals surface area contributed by atoms with E-state index in [1.165, 1.54) is 14.0 Å². The maximum atomic E-state index is 13.4. The van der Waals surface area contributed by atoms with Crippen molar-refractivity contribution in [2.75, 3.05) is 32.0 Å². The zero-order valence-electron chi connectivity index (χ0n) is 20.1. The molecule has 0 fully saturated rings. The number of hydrogen-bond acceptors (Lipinski definition) is 11. The average Bonchev–Trinajstić information content (AvgIpc) is 2.83. The highest BCUT2D eigenvalue weighted by atomic mass is 19.1. The molecule has 0 heterocycles. The van der Waals surface area contributed by atoms with Crippen molar-refractivity contribution in [3.8, 4) is 5.75 Å². The number of nitro benzene ring substituents is 2. The number of hydrogen-bond donors (Lipinski definition) is 2. The molecule has 0 spiro atoms. The summed E-state index contributed by atoms with van der Waals surface area (Å²) in [6.07, 6.45) is 0. The van der Waals surface area contributed by atoms with Crippen molar-refractivity contribution in [1.29, 1.82) is 0 Å². The Balaban J connectivity index is 0.000000371. The summed E-state index contributed by atoms with van der Waals surface area (Å²) < 4.78 is 27.1. The van der Waals surface area contributed by atoms with Crippen LogP contribution in [0.5, 0.6) is 5.75 Å². The van der Waals surface area contributed by atoms with Gasteiger partial charge in [-0.25, -0.2) is 9.59 Å². The second-order valence-corrected chi connectivity index (χ2v) is 6.78. The first-order valence-electron chi connectivity index (χ1n) is 9.83. The molecule has 0 atom stereocenters. The number of halogens is 1. The molecule has 2 aromatic rings. The third-order valence-electron chi connectivity index (χ3n) is 4.23.